The Balaban J connectivity index is 1.87. The number of aromatic nitrogens is 3. The number of nitrogens with one attached hydrogen (secondary N) is 1. The second-order valence-corrected chi connectivity index (χ2v) is 4.13. The van der Waals surface area contributed by atoms with E-state index in [1.165, 1.54) is 5.57 Å². The lowest BCUT2D eigenvalue weighted by molar-refractivity contribution is 0.335. The summed E-state index contributed by atoms with van der Waals surface area (Å²) in [5.41, 5.74) is 3.43. The Morgan fingerprint density at radius 3 is 3.24 bits per heavy atom. The summed E-state index contributed by atoms with van der Waals surface area (Å²) < 4.78 is 7.57. The number of benzene rings is 1. The van der Waals surface area contributed by atoms with Gasteiger partial charge in [0, 0.05) is 11.1 Å². The Hall–Kier alpha value is -2.30. The van der Waals surface area contributed by atoms with Crippen LogP contribution in [-0.4, -0.2) is 21.4 Å². The summed E-state index contributed by atoms with van der Waals surface area (Å²) in [7, 11) is 0. The molecule has 2 aromatic rings. The Kier molecular flexibility index (Phi) is 1.61. The minimum atomic E-state index is 0.610. The summed E-state index contributed by atoms with van der Waals surface area (Å²) in [5.74, 6) is 1.71. The van der Waals surface area contributed by atoms with Gasteiger partial charge in [0.2, 0.25) is 5.95 Å². The van der Waals surface area contributed by atoms with Gasteiger partial charge in [0.1, 0.15) is 18.7 Å². The van der Waals surface area contributed by atoms with Crippen molar-refractivity contribution >= 4 is 11.6 Å². The second-order valence-electron chi connectivity index (χ2n) is 4.13. The molecule has 0 bridgehead atoms. The van der Waals surface area contributed by atoms with E-state index in [9.17, 15) is 0 Å². The lowest BCUT2D eigenvalue weighted by Gasteiger charge is -2.28. The minimum absolute atomic E-state index is 0.610. The lowest BCUT2D eigenvalue weighted by Crippen LogP contribution is -2.25. The van der Waals surface area contributed by atoms with Crippen LogP contribution in [0.25, 0.3) is 5.70 Å². The summed E-state index contributed by atoms with van der Waals surface area (Å²) in [5, 5.41) is 7.48. The van der Waals surface area contributed by atoms with Crippen molar-refractivity contribution in [3.8, 4) is 5.75 Å². The van der Waals surface area contributed by atoms with Gasteiger partial charge in [-0.3, -0.25) is 0 Å². The molecule has 4 rings (SSSR count). The summed E-state index contributed by atoms with van der Waals surface area (Å²) in [6.07, 6.45) is 1.56. The van der Waals surface area contributed by atoms with Gasteiger partial charge in [-0.25, -0.2) is 4.68 Å². The van der Waals surface area contributed by atoms with E-state index in [0.717, 1.165) is 29.5 Å². The van der Waals surface area contributed by atoms with E-state index < -0.39 is 0 Å². The third kappa shape index (κ3) is 1.19. The average molecular weight is 226 g/mol. The third-order valence-electron chi connectivity index (χ3n) is 3.10. The fourth-order valence-electron chi connectivity index (χ4n) is 2.28. The third-order valence-corrected chi connectivity index (χ3v) is 3.10. The number of hydrogen-bond acceptors (Lipinski definition) is 4. The first-order chi connectivity index (χ1) is 8.42. The zero-order valence-corrected chi connectivity index (χ0v) is 9.05. The van der Waals surface area contributed by atoms with E-state index >= 15 is 0 Å². The molecule has 0 radical (unpaired) electrons. The highest BCUT2D eigenvalue weighted by atomic mass is 16.5. The van der Waals surface area contributed by atoms with Crippen LogP contribution >= 0.6 is 0 Å². The quantitative estimate of drug-likeness (QED) is 0.739. The van der Waals surface area contributed by atoms with E-state index in [2.05, 4.69) is 21.5 Å². The molecule has 0 aliphatic carbocycles. The van der Waals surface area contributed by atoms with E-state index in [-0.39, 0.29) is 0 Å². The van der Waals surface area contributed by atoms with Crippen LogP contribution in [0.2, 0.25) is 0 Å². The van der Waals surface area contributed by atoms with Gasteiger partial charge in [0.25, 0.3) is 0 Å². The van der Waals surface area contributed by atoms with E-state index in [4.69, 9.17) is 4.74 Å². The van der Waals surface area contributed by atoms with Crippen molar-refractivity contribution in [2.75, 3.05) is 11.9 Å². The van der Waals surface area contributed by atoms with Crippen LogP contribution < -0.4 is 10.1 Å². The molecule has 0 unspecified atom stereocenters. The number of ether oxygens (including phenoxy) is 1. The molecule has 0 saturated carbocycles. The standard InChI is InChI=1S/C12H10N4O/c1-2-4-10-9(3-1)11-8(6-17-10)5-16-12(15-11)13-7-14-16/h1-4,7H,5-6H2,(H,13,14,15). The molecule has 1 aromatic carbocycles. The Morgan fingerprint density at radius 2 is 2.24 bits per heavy atom. The summed E-state index contributed by atoms with van der Waals surface area (Å²) in [6, 6.07) is 8.04. The lowest BCUT2D eigenvalue weighted by atomic mass is 10.0. The fourth-order valence-corrected chi connectivity index (χ4v) is 2.28. The van der Waals surface area contributed by atoms with Crippen molar-refractivity contribution in [3.63, 3.8) is 0 Å². The Bertz CT molecular complexity index is 629. The molecule has 2 aliphatic rings. The number of para-hydroxylation sites is 1. The van der Waals surface area contributed by atoms with E-state index in [1.807, 2.05) is 22.9 Å². The molecule has 0 saturated heterocycles. The fraction of sp³-hybridized carbons (Fsp3) is 0.167. The number of fused-ring (bicyclic) bond motifs is 3. The van der Waals surface area contributed by atoms with Crippen LogP contribution in [0.3, 0.4) is 0 Å². The molecule has 3 heterocycles. The molecular weight excluding hydrogens is 216 g/mol. The van der Waals surface area contributed by atoms with Crippen molar-refractivity contribution in [1.82, 2.24) is 14.8 Å². The maximum atomic E-state index is 5.73. The van der Waals surface area contributed by atoms with Gasteiger partial charge in [-0.05, 0) is 12.1 Å². The van der Waals surface area contributed by atoms with Crippen molar-refractivity contribution in [3.05, 3.63) is 41.7 Å². The number of anilines is 1. The van der Waals surface area contributed by atoms with Crippen LogP contribution in [0.15, 0.2) is 36.2 Å². The van der Waals surface area contributed by atoms with Gasteiger partial charge in [-0.2, -0.15) is 10.1 Å². The predicted molar refractivity (Wildman–Crippen MR) is 62.5 cm³/mol. The molecule has 5 nitrogen and oxygen atoms in total. The van der Waals surface area contributed by atoms with Crippen LogP contribution in [0.5, 0.6) is 5.75 Å². The first kappa shape index (κ1) is 8.81. The second kappa shape index (κ2) is 3.10. The maximum Gasteiger partial charge on any atom is 0.225 e. The Labute approximate surface area is 97.7 Å². The summed E-state index contributed by atoms with van der Waals surface area (Å²) >= 11 is 0. The van der Waals surface area contributed by atoms with Crippen molar-refractivity contribution in [1.29, 1.82) is 0 Å². The van der Waals surface area contributed by atoms with Gasteiger partial charge in [-0.1, -0.05) is 12.1 Å². The van der Waals surface area contributed by atoms with Crippen LogP contribution in [-0.2, 0) is 6.54 Å². The molecule has 84 valence electrons. The van der Waals surface area contributed by atoms with Gasteiger partial charge < -0.3 is 10.1 Å². The summed E-state index contributed by atoms with van der Waals surface area (Å²) in [6.45, 7) is 1.35. The zero-order chi connectivity index (χ0) is 11.2. The topological polar surface area (TPSA) is 52.0 Å². The first-order valence-corrected chi connectivity index (χ1v) is 5.51. The SMILES string of the molecule is c1ccc2c(c1)OCC1=C2Nc2ncnn2C1. The molecule has 17 heavy (non-hydrogen) atoms. The highest BCUT2D eigenvalue weighted by Crippen LogP contribution is 2.35. The largest absolute Gasteiger partial charge is 0.488 e. The highest BCUT2D eigenvalue weighted by Gasteiger charge is 2.25. The van der Waals surface area contributed by atoms with Crippen molar-refractivity contribution < 1.29 is 4.74 Å². The zero-order valence-electron chi connectivity index (χ0n) is 9.05. The molecule has 1 N–H and O–H groups in total. The summed E-state index contributed by atoms with van der Waals surface area (Å²) in [4.78, 5) is 4.19. The number of hydrogen-bond donors (Lipinski definition) is 1. The average Bonchev–Trinajstić information content (AvgIpc) is 2.83. The van der Waals surface area contributed by atoms with Crippen molar-refractivity contribution in [2.45, 2.75) is 6.54 Å². The molecule has 2 aliphatic heterocycles. The van der Waals surface area contributed by atoms with Crippen LogP contribution in [0, 0.1) is 0 Å². The number of nitrogens with zero attached hydrogens (tertiary/aromatic N) is 3. The monoisotopic (exact) mass is 226 g/mol. The van der Waals surface area contributed by atoms with Crippen LogP contribution in [0.4, 0.5) is 5.95 Å². The van der Waals surface area contributed by atoms with Gasteiger partial charge in [0.05, 0.1) is 12.2 Å². The molecule has 0 fully saturated rings. The van der Waals surface area contributed by atoms with E-state index in [1.54, 1.807) is 6.33 Å². The van der Waals surface area contributed by atoms with Gasteiger partial charge in [-0.15, -0.1) is 0 Å². The van der Waals surface area contributed by atoms with Gasteiger partial charge in [0.15, 0.2) is 0 Å². The molecule has 0 amide bonds. The molecule has 5 heteroatoms. The first-order valence-electron chi connectivity index (χ1n) is 5.51. The molecule has 0 atom stereocenters. The molecule has 0 spiro atoms. The minimum Gasteiger partial charge on any atom is -0.488 e. The maximum absolute atomic E-state index is 5.73. The van der Waals surface area contributed by atoms with Gasteiger partial charge >= 0.3 is 0 Å². The molecule has 1 aromatic heterocycles. The highest BCUT2D eigenvalue weighted by molar-refractivity contribution is 5.82. The normalized spacial score (nSPS) is 16.5. The predicted octanol–water partition coefficient (Wildman–Crippen LogP) is 1.51. The smallest absolute Gasteiger partial charge is 0.225 e. The van der Waals surface area contributed by atoms with Crippen molar-refractivity contribution in [2.24, 2.45) is 0 Å². The number of rotatable bonds is 0. The Morgan fingerprint density at radius 1 is 1.29 bits per heavy atom. The molecular formula is C12H10N4O. The van der Waals surface area contributed by atoms with Crippen LogP contribution in [0.1, 0.15) is 5.56 Å². The van der Waals surface area contributed by atoms with E-state index in [0.29, 0.717) is 6.61 Å².